The molecular formula is C16H16BrClO2. The summed E-state index contributed by atoms with van der Waals surface area (Å²) in [4.78, 5) is 0. The largest absolute Gasteiger partial charge is 0.496 e. The lowest BCUT2D eigenvalue weighted by Gasteiger charge is -2.12. The van der Waals surface area contributed by atoms with Gasteiger partial charge in [0.2, 0.25) is 0 Å². The standard InChI is InChI=1S/C16H16BrClO2/c1-11-3-5-15(19-2)13(7-11)10-20-16-6-4-12(9-18)8-14(16)17/h3-8H,9-10H2,1-2H3. The van der Waals surface area contributed by atoms with E-state index in [0.717, 1.165) is 27.1 Å². The number of hydrogen-bond acceptors (Lipinski definition) is 2. The molecular weight excluding hydrogens is 340 g/mol. The minimum absolute atomic E-state index is 0.462. The zero-order valence-corrected chi connectivity index (χ0v) is 13.8. The predicted molar refractivity (Wildman–Crippen MR) is 85.8 cm³/mol. The first kappa shape index (κ1) is 15.2. The van der Waals surface area contributed by atoms with Crippen molar-refractivity contribution in [1.29, 1.82) is 0 Å². The van der Waals surface area contributed by atoms with E-state index in [1.54, 1.807) is 7.11 Å². The van der Waals surface area contributed by atoms with Gasteiger partial charge < -0.3 is 9.47 Å². The van der Waals surface area contributed by atoms with Crippen molar-refractivity contribution in [3.63, 3.8) is 0 Å². The van der Waals surface area contributed by atoms with Crippen molar-refractivity contribution in [2.24, 2.45) is 0 Å². The molecule has 106 valence electrons. The molecule has 0 aliphatic carbocycles. The lowest BCUT2D eigenvalue weighted by molar-refractivity contribution is 0.295. The van der Waals surface area contributed by atoms with Crippen LogP contribution in [-0.4, -0.2) is 7.11 Å². The van der Waals surface area contributed by atoms with E-state index in [2.05, 4.69) is 22.0 Å². The van der Waals surface area contributed by atoms with Gasteiger partial charge in [0, 0.05) is 11.4 Å². The molecule has 0 N–H and O–H groups in total. The molecule has 0 bridgehead atoms. The summed E-state index contributed by atoms with van der Waals surface area (Å²) >= 11 is 9.30. The van der Waals surface area contributed by atoms with Gasteiger partial charge in [-0.05, 0) is 52.7 Å². The third-order valence-corrected chi connectivity index (χ3v) is 3.90. The second-order valence-corrected chi connectivity index (χ2v) is 5.62. The van der Waals surface area contributed by atoms with Crippen molar-refractivity contribution in [2.45, 2.75) is 19.4 Å². The molecule has 20 heavy (non-hydrogen) atoms. The third kappa shape index (κ3) is 3.68. The van der Waals surface area contributed by atoms with E-state index in [-0.39, 0.29) is 0 Å². The minimum Gasteiger partial charge on any atom is -0.496 e. The first-order valence-electron chi connectivity index (χ1n) is 6.24. The molecule has 0 saturated heterocycles. The molecule has 2 nitrogen and oxygen atoms in total. The van der Waals surface area contributed by atoms with Crippen LogP contribution >= 0.6 is 27.5 Å². The number of hydrogen-bond donors (Lipinski definition) is 0. The highest BCUT2D eigenvalue weighted by Crippen LogP contribution is 2.29. The predicted octanol–water partition coefficient (Wildman–Crippen LogP) is 5.08. The molecule has 0 spiro atoms. The highest BCUT2D eigenvalue weighted by molar-refractivity contribution is 9.10. The van der Waals surface area contributed by atoms with Crippen LogP contribution in [0, 0.1) is 6.92 Å². The average molecular weight is 356 g/mol. The van der Waals surface area contributed by atoms with Gasteiger partial charge >= 0.3 is 0 Å². The zero-order valence-electron chi connectivity index (χ0n) is 11.5. The number of aryl methyl sites for hydroxylation is 1. The number of alkyl halides is 1. The van der Waals surface area contributed by atoms with Crippen molar-refractivity contribution in [1.82, 2.24) is 0 Å². The highest BCUT2D eigenvalue weighted by atomic mass is 79.9. The monoisotopic (exact) mass is 354 g/mol. The van der Waals surface area contributed by atoms with Gasteiger partial charge in [0.1, 0.15) is 18.1 Å². The Kier molecular flexibility index (Phi) is 5.32. The van der Waals surface area contributed by atoms with Crippen LogP contribution in [0.4, 0.5) is 0 Å². The normalized spacial score (nSPS) is 10.4. The van der Waals surface area contributed by atoms with E-state index < -0.39 is 0 Å². The van der Waals surface area contributed by atoms with Crippen molar-refractivity contribution in [2.75, 3.05) is 7.11 Å². The Morgan fingerprint density at radius 1 is 1.10 bits per heavy atom. The number of rotatable bonds is 5. The second-order valence-electron chi connectivity index (χ2n) is 4.50. The van der Waals surface area contributed by atoms with Crippen LogP contribution in [0.2, 0.25) is 0 Å². The molecule has 4 heteroatoms. The molecule has 0 fully saturated rings. The van der Waals surface area contributed by atoms with Gasteiger partial charge in [-0.2, -0.15) is 0 Å². The molecule has 2 aromatic rings. The molecule has 0 atom stereocenters. The van der Waals surface area contributed by atoms with Gasteiger partial charge in [-0.25, -0.2) is 0 Å². The molecule has 0 radical (unpaired) electrons. The smallest absolute Gasteiger partial charge is 0.134 e. The van der Waals surface area contributed by atoms with Gasteiger partial charge in [0.15, 0.2) is 0 Å². The fourth-order valence-corrected chi connectivity index (χ4v) is 2.63. The molecule has 2 rings (SSSR count). The summed E-state index contributed by atoms with van der Waals surface area (Å²) in [5, 5.41) is 0. The Morgan fingerprint density at radius 3 is 2.50 bits per heavy atom. The lowest BCUT2D eigenvalue weighted by atomic mass is 10.1. The highest BCUT2D eigenvalue weighted by Gasteiger charge is 2.07. The molecule has 0 aromatic heterocycles. The van der Waals surface area contributed by atoms with Gasteiger partial charge in [-0.3, -0.25) is 0 Å². The SMILES string of the molecule is COc1ccc(C)cc1COc1ccc(CCl)cc1Br. The zero-order chi connectivity index (χ0) is 14.5. The summed E-state index contributed by atoms with van der Waals surface area (Å²) in [5.41, 5.74) is 3.26. The van der Waals surface area contributed by atoms with Crippen LogP contribution in [0.25, 0.3) is 0 Å². The van der Waals surface area contributed by atoms with E-state index in [9.17, 15) is 0 Å². The van der Waals surface area contributed by atoms with Crippen LogP contribution in [0.3, 0.4) is 0 Å². The summed E-state index contributed by atoms with van der Waals surface area (Å²) in [6, 6.07) is 11.9. The lowest BCUT2D eigenvalue weighted by Crippen LogP contribution is -2.00. The van der Waals surface area contributed by atoms with Crippen LogP contribution in [0.5, 0.6) is 11.5 Å². The number of ether oxygens (including phenoxy) is 2. The fourth-order valence-electron chi connectivity index (χ4n) is 1.92. The Morgan fingerprint density at radius 2 is 1.85 bits per heavy atom. The van der Waals surface area contributed by atoms with Gasteiger partial charge in [0.25, 0.3) is 0 Å². The third-order valence-electron chi connectivity index (χ3n) is 2.97. The van der Waals surface area contributed by atoms with Gasteiger partial charge in [-0.15, -0.1) is 11.6 Å². The van der Waals surface area contributed by atoms with E-state index in [1.807, 2.05) is 37.3 Å². The maximum absolute atomic E-state index is 5.85. The Balaban J connectivity index is 2.14. The van der Waals surface area contributed by atoms with Crippen molar-refractivity contribution < 1.29 is 9.47 Å². The quantitative estimate of drug-likeness (QED) is 0.696. The molecule has 0 aliphatic rings. The maximum atomic E-state index is 5.85. The topological polar surface area (TPSA) is 18.5 Å². The Bertz CT molecular complexity index is 599. The molecule has 0 saturated carbocycles. The first-order valence-corrected chi connectivity index (χ1v) is 7.57. The maximum Gasteiger partial charge on any atom is 0.134 e. The average Bonchev–Trinajstić information content (AvgIpc) is 2.46. The first-order chi connectivity index (χ1) is 9.63. The molecule has 0 unspecified atom stereocenters. The number of methoxy groups -OCH3 is 1. The second kappa shape index (κ2) is 7.00. The summed E-state index contributed by atoms with van der Waals surface area (Å²) in [6.07, 6.45) is 0. The summed E-state index contributed by atoms with van der Waals surface area (Å²) in [7, 11) is 1.67. The van der Waals surface area contributed by atoms with Crippen molar-refractivity contribution >= 4 is 27.5 Å². The molecule has 0 amide bonds. The van der Waals surface area contributed by atoms with Crippen LogP contribution < -0.4 is 9.47 Å². The molecule has 0 aliphatic heterocycles. The summed E-state index contributed by atoms with van der Waals surface area (Å²) in [5.74, 6) is 2.12. The van der Waals surface area contributed by atoms with E-state index >= 15 is 0 Å². The Labute approximate surface area is 132 Å². The van der Waals surface area contributed by atoms with Crippen molar-refractivity contribution in [3.8, 4) is 11.5 Å². The summed E-state index contributed by atoms with van der Waals surface area (Å²) < 4.78 is 12.1. The van der Waals surface area contributed by atoms with E-state index in [1.165, 1.54) is 5.56 Å². The number of halogens is 2. The Hall–Kier alpha value is -1.19. The van der Waals surface area contributed by atoms with Gasteiger partial charge in [-0.1, -0.05) is 17.7 Å². The van der Waals surface area contributed by atoms with Crippen LogP contribution in [0.1, 0.15) is 16.7 Å². The molecule has 0 heterocycles. The van der Waals surface area contributed by atoms with Crippen LogP contribution in [0.15, 0.2) is 40.9 Å². The molecule has 2 aromatic carbocycles. The van der Waals surface area contributed by atoms with E-state index in [0.29, 0.717) is 12.5 Å². The fraction of sp³-hybridized carbons (Fsp3) is 0.250. The van der Waals surface area contributed by atoms with E-state index in [4.69, 9.17) is 21.1 Å². The summed E-state index contributed by atoms with van der Waals surface area (Å²) in [6.45, 7) is 2.51. The number of benzene rings is 2. The van der Waals surface area contributed by atoms with Crippen molar-refractivity contribution in [3.05, 3.63) is 57.6 Å². The minimum atomic E-state index is 0.462. The van der Waals surface area contributed by atoms with Crippen LogP contribution in [-0.2, 0) is 12.5 Å². The van der Waals surface area contributed by atoms with Gasteiger partial charge in [0.05, 0.1) is 11.6 Å².